The fourth-order valence-electron chi connectivity index (χ4n) is 3.68. The number of rotatable bonds is 3. The molecule has 0 bridgehead atoms. The Morgan fingerprint density at radius 3 is 2.50 bits per heavy atom. The zero-order valence-electron chi connectivity index (χ0n) is 16.8. The van der Waals surface area contributed by atoms with Gasteiger partial charge >= 0.3 is 6.18 Å². The number of pyridine rings is 1. The first kappa shape index (κ1) is 19.9. The van der Waals surface area contributed by atoms with Crippen LogP contribution in [0.25, 0.3) is 22.5 Å². The molecule has 0 fully saturated rings. The lowest BCUT2D eigenvalue weighted by molar-refractivity contribution is -0.136. The molecule has 6 nitrogen and oxygen atoms in total. The van der Waals surface area contributed by atoms with Crippen molar-refractivity contribution in [2.24, 2.45) is 7.05 Å². The number of halogens is 3. The molecule has 0 saturated carbocycles. The molecule has 0 amide bonds. The van der Waals surface area contributed by atoms with Crippen LogP contribution in [-0.4, -0.2) is 19.3 Å². The maximum Gasteiger partial charge on any atom is 0.417 e. The average Bonchev–Trinajstić information content (AvgIpc) is 3.16. The van der Waals surface area contributed by atoms with E-state index >= 15 is 0 Å². The van der Waals surface area contributed by atoms with E-state index < -0.39 is 17.3 Å². The van der Waals surface area contributed by atoms with Crippen LogP contribution in [0.4, 0.5) is 13.2 Å². The van der Waals surface area contributed by atoms with Gasteiger partial charge in [-0.1, -0.05) is 18.2 Å². The van der Waals surface area contributed by atoms with Gasteiger partial charge in [0.25, 0.3) is 5.56 Å². The normalized spacial score (nSPS) is 12.1. The Kier molecular flexibility index (Phi) is 4.56. The minimum atomic E-state index is -4.66. The van der Waals surface area contributed by atoms with Crippen molar-refractivity contribution in [2.45, 2.75) is 33.5 Å². The molecule has 156 valence electrons. The molecule has 0 N–H and O–H groups in total. The first-order valence-electron chi connectivity index (χ1n) is 9.24. The van der Waals surface area contributed by atoms with E-state index in [4.69, 9.17) is 4.42 Å². The van der Waals surface area contributed by atoms with E-state index in [1.54, 1.807) is 6.92 Å². The van der Waals surface area contributed by atoms with Crippen LogP contribution in [0.1, 0.15) is 28.3 Å². The predicted octanol–water partition coefficient (Wildman–Crippen LogP) is 4.38. The largest absolute Gasteiger partial charge is 0.441 e. The summed E-state index contributed by atoms with van der Waals surface area (Å²) in [5, 5.41) is 4.01. The van der Waals surface area contributed by atoms with Crippen LogP contribution < -0.4 is 5.56 Å². The third-order valence-electron chi connectivity index (χ3n) is 5.13. The summed E-state index contributed by atoms with van der Waals surface area (Å²) in [6.07, 6.45) is -4.66. The van der Waals surface area contributed by atoms with Gasteiger partial charge in [0.05, 0.1) is 23.2 Å². The van der Waals surface area contributed by atoms with Crippen molar-refractivity contribution in [1.82, 2.24) is 19.3 Å². The van der Waals surface area contributed by atoms with E-state index in [0.29, 0.717) is 23.4 Å². The highest BCUT2D eigenvalue weighted by atomic mass is 19.4. The summed E-state index contributed by atoms with van der Waals surface area (Å²) in [7, 11) is 1.51. The lowest BCUT2D eigenvalue weighted by atomic mass is 10.1. The van der Waals surface area contributed by atoms with Gasteiger partial charge in [-0.2, -0.15) is 18.3 Å². The zero-order chi connectivity index (χ0) is 21.8. The molecule has 9 heteroatoms. The van der Waals surface area contributed by atoms with E-state index in [-0.39, 0.29) is 23.3 Å². The summed E-state index contributed by atoms with van der Waals surface area (Å²) in [4.78, 5) is 17.2. The quantitative estimate of drug-likeness (QED) is 0.497. The topological polar surface area (TPSA) is 65.8 Å². The fourth-order valence-corrected chi connectivity index (χ4v) is 3.68. The minimum absolute atomic E-state index is 0.0341. The molecule has 30 heavy (non-hydrogen) atoms. The highest BCUT2D eigenvalue weighted by Crippen LogP contribution is 2.35. The number of hydrogen-bond donors (Lipinski definition) is 0. The number of fused-ring (bicyclic) bond motifs is 1. The van der Waals surface area contributed by atoms with Gasteiger partial charge in [0.2, 0.25) is 5.89 Å². The van der Waals surface area contributed by atoms with Crippen LogP contribution in [0.5, 0.6) is 0 Å². The summed E-state index contributed by atoms with van der Waals surface area (Å²) < 4.78 is 48.9. The van der Waals surface area contributed by atoms with Crippen LogP contribution >= 0.6 is 0 Å². The van der Waals surface area contributed by atoms with Crippen LogP contribution in [0, 0.1) is 20.8 Å². The molecule has 4 rings (SSSR count). The van der Waals surface area contributed by atoms with Gasteiger partial charge in [-0.05, 0) is 32.4 Å². The highest BCUT2D eigenvalue weighted by molar-refractivity contribution is 5.83. The number of aryl methyl sites for hydroxylation is 4. The number of oxazole rings is 1. The van der Waals surface area contributed by atoms with Crippen LogP contribution in [0.2, 0.25) is 0 Å². The highest BCUT2D eigenvalue weighted by Gasteiger charge is 2.36. The van der Waals surface area contributed by atoms with Crippen LogP contribution in [0.15, 0.2) is 39.5 Å². The second-order valence-electron chi connectivity index (χ2n) is 7.22. The average molecular weight is 416 g/mol. The second kappa shape index (κ2) is 6.86. The van der Waals surface area contributed by atoms with Gasteiger partial charge < -0.3 is 4.42 Å². The van der Waals surface area contributed by atoms with Crippen molar-refractivity contribution in [2.75, 3.05) is 0 Å². The van der Waals surface area contributed by atoms with Crippen molar-refractivity contribution in [3.8, 4) is 11.5 Å². The first-order chi connectivity index (χ1) is 14.1. The number of hydrogen-bond acceptors (Lipinski definition) is 4. The van der Waals surface area contributed by atoms with Gasteiger partial charge in [0.1, 0.15) is 17.1 Å². The third-order valence-corrected chi connectivity index (χ3v) is 5.13. The monoisotopic (exact) mass is 416 g/mol. The molecule has 3 heterocycles. The maximum atomic E-state index is 13.5. The second-order valence-corrected chi connectivity index (χ2v) is 7.22. The van der Waals surface area contributed by atoms with E-state index in [1.807, 2.05) is 31.2 Å². The molecule has 0 aliphatic heterocycles. The lowest BCUT2D eigenvalue weighted by Crippen LogP contribution is -2.25. The van der Waals surface area contributed by atoms with Gasteiger partial charge in [0.15, 0.2) is 0 Å². The fraction of sp³-hybridized carbons (Fsp3) is 0.286. The Morgan fingerprint density at radius 1 is 1.13 bits per heavy atom. The van der Waals surface area contributed by atoms with Crippen molar-refractivity contribution in [3.05, 3.63) is 69.0 Å². The third kappa shape index (κ3) is 3.20. The Labute approximate surface area is 169 Å². The summed E-state index contributed by atoms with van der Waals surface area (Å²) in [6.45, 7) is 5.10. The molecular formula is C21H19F3N4O2. The minimum Gasteiger partial charge on any atom is -0.441 e. The molecule has 0 unspecified atom stereocenters. The van der Waals surface area contributed by atoms with E-state index in [2.05, 4.69) is 10.1 Å². The molecule has 0 aliphatic carbocycles. The van der Waals surface area contributed by atoms with Gasteiger partial charge in [-0.25, -0.2) is 4.98 Å². The molecule has 0 saturated heterocycles. The number of benzene rings is 1. The van der Waals surface area contributed by atoms with E-state index in [1.165, 1.54) is 23.2 Å². The molecular weight excluding hydrogens is 397 g/mol. The Hall–Kier alpha value is -3.36. The molecule has 4 aromatic rings. The summed E-state index contributed by atoms with van der Waals surface area (Å²) in [5.41, 5.74) is 0.780. The predicted molar refractivity (Wildman–Crippen MR) is 105 cm³/mol. The van der Waals surface area contributed by atoms with Crippen molar-refractivity contribution < 1.29 is 17.6 Å². The smallest absolute Gasteiger partial charge is 0.417 e. The van der Waals surface area contributed by atoms with Gasteiger partial charge in [-0.3, -0.25) is 14.0 Å². The summed E-state index contributed by atoms with van der Waals surface area (Å²) in [6, 6.07) is 8.19. The molecule has 1 aromatic carbocycles. The van der Waals surface area contributed by atoms with E-state index in [0.717, 1.165) is 11.1 Å². The number of alkyl halides is 3. The molecule has 0 radical (unpaired) electrons. The van der Waals surface area contributed by atoms with Crippen LogP contribution in [0.3, 0.4) is 0 Å². The van der Waals surface area contributed by atoms with Crippen molar-refractivity contribution in [1.29, 1.82) is 0 Å². The first-order valence-corrected chi connectivity index (χ1v) is 9.24. The van der Waals surface area contributed by atoms with Gasteiger partial charge in [0, 0.05) is 18.7 Å². The van der Waals surface area contributed by atoms with Crippen molar-refractivity contribution >= 4 is 11.0 Å². The lowest BCUT2D eigenvalue weighted by Gasteiger charge is -2.13. The Morgan fingerprint density at radius 2 is 1.83 bits per heavy atom. The Balaban J connectivity index is 1.88. The van der Waals surface area contributed by atoms with Crippen LogP contribution in [-0.2, 0) is 19.8 Å². The number of nitrogens with zero attached hydrogens (tertiary/aromatic N) is 4. The maximum absolute atomic E-state index is 13.5. The SMILES string of the molecule is Cc1ccccc1-c1nc(Cn2c(=O)cc(C(F)(F)F)c3c(C)nn(C)c32)c(C)o1. The standard InChI is InChI=1S/C21H19F3N4O2/c1-11-7-5-6-8-14(11)19-25-16(13(3)30-19)10-28-17(29)9-15(21(22,23)24)18-12(2)26-27(4)20(18)28/h5-9H,10H2,1-4H3. The molecule has 0 spiro atoms. The summed E-state index contributed by atoms with van der Waals surface area (Å²) >= 11 is 0. The van der Waals surface area contributed by atoms with Gasteiger partial charge in [-0.15, -0.1) is 0 Å². The Bertz CT molecular complexity index is 1330. The molecule has 3 aromatic heterocycles. The van der Waals surface area contributed by atoms with E-state index in [9.17, 15) is 18.0 Å². The zero-order valence-corrected chi connectivity index (χ0v) is 16.8. The summed E-state index contributed by atoms with van der Waals surface area (Å²) in [5.74, 6) is 0.894. The molecule has 0 aliphatic rings. The van der Waals surface area contributed by atoms with Crippen molar-refractivity contribution in [3.63, 3.8) is 0 Å². The number of aromatic nitrogens is 4. The molecule has 0 atom stereocenters.